The monoisotopic (exact) mass is 475 g/mol. The van der Waals surface area contributed by atoms with Gasteiger partial charge in [0, 0.05) is 68.6 Å². The number of hydrogen-bond acceptors (Lipinski definition) is 4. The lowest BCUT2D eigenvalue weighted by Crippen LogP contribution is -2.49. The van der Waals surface area contributed by atoms with E-state index < -0.39 is 0 Å². The Hall–Kier alpha value is -2.93. The van der Waals surface area contributed by atoms with E-state index in [-0.39, 0.29) is 17.7 Å². The predicted molar refractivity (Wildman–Crippen MR) is 136 cm³/mol. The number of benzene rings is 1. The first-order valence-corrected chi connectivity index (χ1v) is 13.0. The van der Waals surface area contributed by atoms with Crippen molar-refractivity contribution in [3.8, 4) is 11.1 Å². The van der Waals surface area contributed by atoms with Crippen molar-refractivity contribution < 1.29 is 9.18 Å². The standard InChI is InChI=1S/C28H34FN5O/c1-19(2)33-10-8-22(17-33)24-6-5-21(15-25(24)29)23-16-27-26(7-9-30-34(27)18-23)31-11-13-32(14-12-31)28(35)20-3-4-20/h5-7,9,15-16,18-20,22H,3-4,8,10-14,17H2,1-2H3/t22-/m0/s1. The fraction of sp³-hybridized carbons (Fsp3) is 0.500. The van der Waals surface area contributed by atoms with Crippen molar-refractivity contribution in [2.45, 2.75) is 45.1 Å². The van der Waals surface area contributed by atoms with Crippen LogP contribution in [0, 0.1) is 11.7 Å². The van der Waals surface area contributed by atoms with Crippen LogP contribution in [0.2, 0.25) is 0 Å². The summed E-state index contributed by atoms with van der Waals surface area (Å²) in [6.07, 6.45) is 6.91. The topological polar surface area (TPSA) is 44.1 Å². The van der Waals surface area contributed by atoms with Gasteiger partial charge >= 0.3 is 0 Å². The van der Waals surface area contributed by atoms with Gasteiger partial charge in [-0.2, -0.15) is 5.10 Å². The first-order valence-electron chi connectivity index (χ1n) is 13.0. The van der Waals surface area contributed by atoms with Crippen LogP contribution in [0.3, 0.4) is 0 Å². The largest absolute Gasteiger partial charge is 0.366 e. The summed E-state index contributed by atoms with van der Waals surface area (Å²) in [6.45, 7) is 9.53. The highest BCUT2D eigenvalue weighted by molar-refractivity contribution is 5.82. The molecule has 4 heterocycles. The number of nitrogens with zero attached hydrogens (tertiary/aromatic N) is 5. The van der Waals surface area contributed by atoms with E-state index in [0.29, 0.717) is 11.9 Å². The van der Waals surface area contributed by atoms with Gasteiger partial charge in [0.05, 0.1) is 11.2 Å². The van der Waals surface area contributed by atoms with E-state index in [1.165, 1.54) is 0 Å². The van der Waals surface area contributed by atoms with Crippen LogP contribution in [0.4, 0.5) is 10.1 Å². The van der Waals surface area contributed by atoms with Gasteiger partial charge in [0.1, 0.15) is 5.82 Å². The highest BCUT2D eigenvalue weighted by atomic mass is 19.1. The van der Waals surface area contributed by atoms with Crippen molar-refractivity contribution in [3.63, 3.8) is 0 Å². The number of amides is 1. The van der Waals surface area contributed by atoms with Crippen LogP contribution >= 0.6 is 0 Å². The van der Waals surface area contributed by atoms with E-state index in [2.05, 4.69) is 34.8 Å². The molecule has 3 aliphatic rings. The Morgan fingerprint density at radius 1 is 1.00 bits per heavy atom. The molecule has 2 aromatic heterocycles. The van der Waals surface area contributed by atoms with Gasteiger partial charge in [-0.05, 0) is 69.0 Å². The molecule has 35 heavy (non-hydrogen) atoms. The van der Waals surface area contributed by atoms with Crippen molar-refractivity contribution >= 4 is 17.1 Å². The molecule has 6 rings (SSSR count). The minimum Gasteiger partial charge on any atom is -0.366 e. The van der Waals surface area contributed by atoms with E-state index in [1.54, 1.807) is 6.07 Å². The fourth-order valence-corrected chi connectivity index (χ4v) is 5.73. The number of carbonyl (C=O) groups excluding carboxylic acids is 1. The van der Waals surface area contributed by atoms with E-state index >= 15 is 4.39 Å². The van der Waals surface area contributed by atoms with Crippen molar-refractivity contribution in [2.75, 3.05) is 44.2 Å². The average molecular weight is 476 g/mol. The maximum atomic E-state index is 15.2. The minimum absolute atomic E-state index is 0.113. The van der Waals surface area contributed by atoms with Gasteiger partial charge in [-0.1, -0.05) is 12.1 Å². The molecule has 0 spiro atoms. The third-order valence-corrected chi connectivity index (χ3v) is 8.07. The zero-order valence-electron chi connectivity index (χ0n) is 20.7. The number of anilines is 1. The first kappa shape index (κ1) is 22.5. The molecule has 1 atom stereocenters. The molecule has 184 valence electrons. The second-order valence-corrected chi connectivity index (χ2v) is 10.7. The van der Waals surface area contributed by atoms with Gasteiger partial charge in [0.2, 0.25) is 5.91 Å². The summed E-state index contributed by atoms with van der Waals surface area (Å²) in [5.41, 5.74) is 4.80. The van der Waals surface area contributed by atoms with Gasteiger partial charge in [0.15, 0.2) is 0 Å². The molecule has 2 saturated heterocycles. The summed E-state index contributed by atoms with van der Waals surface area (Å²) in [5, 5.41) is 4.51. The summed E-state index contributed by atoms with van der Waals surface area (Å²) < 4.78 is 17.1. The molecule has 0 unspecified atom stereocenters. The van der Waals surface area contributed by atoms with Crippen LogP contribution in [0.1, 0.15) is 44.6 Å². The molecule has 6 nitrogen and oxygen atoms in total. The van der Waals surface area contributed by atoms with E-state index in [1.807, 2.05) is 40.0 Å². The molecule has 0 bridgehead atoms. The van der Waals surface area contributed by atoms with Crippen LogP contribution < -0.4 is 4.90 Å². The Balaban J connectivity index is 1.21. The van der Waals surface area contributed by atoms with Gasteiger partial charge in [-0.25, -0.2) is 8.91 Å². The zero-order chi connectivity index (χ0) is 24.1. The lowest BCUT2D eigenvalue weighted by Gasteiger charge is -2.36. The Morgan fingerprint density at radius 2 is 1.80 bits per heavy atom. The summed E-state index contributed by atoms with van der Waals surface area (Å²) in [5.74, 6) is 0.753. The number of rotatable bonds is 5. The molecule has 1 aliphatic carbocycles. The Morgan fingerprint density at radius 3 is 2.49 bits per heavy atom. The fourth-order valence-electron chi connectivity index (χ4n) is 5.73. The summed E-state index contributed by atoms with van der Waals surface area (Å²) in [7, 11) is 0. The minimum atomic E-state index is -0.113. The van der Waals surface area contributed by atoms with E-state index in [9.17, 15) is 4.79 Å². The number of halogens is 1. The maximum absolute atomic E-state index is 15.2. The number of piperazine rings is 1. The molecule has 0 N–H and O–H groups in total. The zero-order valence-corrected chi connectivity index (χ0v) is 20.7. The van der Waals surface area contributed by atoms with E-state index in [4.69, 9.17) is 0 Å². The third-order valence-electron chi connectivity index (χ3n) is 8.07. The van der Waals surface area contributed by atoms with E-state index in [0.717, 1.165) is 86.4 Å². The van der Waals surface area contributed by atoms with Gasteiger partial charge in [-0.15, -0.1) is 0 Å². The van der Waals surface area contributed by atoms with Crippen LogP contribution in [0.15, 0.2) is 42.7 Å². The highest BCUT2D eigenvalue weighted by Crippen LogP contribution is 2.35. The van der Waals surface area contributed by atoms with Crippen LogP contribution in [0.5, 0.6) is 0 Å². The Bertz CT molecular complexity index is 1240. The van der Waals surface area contributed by atoms with Crippen molar-refractivity contribution in [3.05, 3.63) is 54.1 Å². The summed E-state index contributed by atoms with van der Waals surface area (Å²) >= 11 is 0. The first-order chi connectivity index (χ1) is 17.0. The van der Waals surface area contributed by atoms with Gasteiger partial charge < -0.3 is 14.7 Å². The quantitative estimate of drug-likeness (QED) is 0.549. The number of hydrogen-bond donors (Lipinski definition) is 0. The molecule has 3 aromatic rings. The highest BCUT2D eigenvalue weighted by Gasteiger charge is 2.35. The molecule has 2 aliphatic heterocycles. The molecule has 3 fully saturated rings. The lowest BCUT2D eigenvalue weighted by molar-refractivity contribution is -0.132. The number of likely N-dealkylation sites (tertiary alicyclic amines) is 1. The summed E-state index contributed by atoms with van der Waals surface area (Å²) in [4.78, 5) is 19.2. The second kappa shape index (κ2) is 8.94. The van der Waals surface area contributed by atoms with Crippen molar-refractivity contribution in [1.82, 2.24) is 19.4 Å². The molecule has 7 heteroatoms. The molecular weight excluding hydrogens is 441 g/mol. The molecule has 1 saturated carbocycles. The van der Waals surface area contributed by atoms with Crippen LogP contribution in [-0.2, 0) is 4.79 Å². The molecule has 1 amide bonds. The Kier molecular flexibility index (Phi) is 5.75. The molecule has 1 aromatic carbocycles. The smallest absolute Gasteiger partial charge is 0.225 e. The van der Waals surface area contributed by atoms with Gasteiger partial charge in [0.25, 0.3) is 0 Å². The SMILES string of the molecule is CC(C)N1CC[C@H](c2ccc(-c3cc4c(N5CCN(C(=O)C6CC6)CC5)ccnn4c3)cc2F)C1. The lowest BCUT2D eigenvalue weighted by atomic mass is 9.95. The number of carbonyl (C=O) groups is 1. The average Bonchev–Trinajstić information content (AvgIpc) is 3.42. The number of fused-ring (bicyclic) bond motifs is 1. The molecular formula is C28H34FN5O. The van der Waals surface area contributed by atoms with Crippen molar-refractivity contribution in [2.24, 2.45) is 5.92 Å². The maximum Gasteiger partial charge on any atom is 0.225 e. The Labute approximate surface area is 206 Å². The predicted octanol–water partition coefficient (Wildman–Crippen LogP) is 4.40. The second-order valence-electron chi connectivity index (χ2n) is 10.7. The normalized spacial score (nSPS) is 21.4. The molecule has 0 radical (unpaired) electrons. The van der Waals surface area contributed by atoms with Crippen LogP contribution in [-0.4, -0.2) is 70.6 Å². The van der Waals surface area contributed by atoms with Gasteiger partial charge in [-0.3, -0.25) is 4.79 Å². The van der Waals surface area contributed by atoms with Crippen LogP contribution in [0.25, 0.3) is 16.6 Å². The van der Waals surface area contributed by atoms with Crippen molar-refractivity contribution in [1.29, 1.82) is 0 Å². The third kappa shape index (κ3) is 4.31. The summed E-state index contributed by atoms with van der Waals surface area (Å²) in [6, 6.07) is 10.4. The number of aromatic nitrogens is 2.